The zero-order valence-electron chi connectivity index (χ0n) is 11.6. The first-order valence-electron chi connectivity index (χ1n) is 6.73. The molecule has 0 unspecified atom stereocenters. The third-order valence-corrected chi connectivity index (χ3v) is 3.42. The lowest BCUT2D eigenvalue weighted by Gasteiger charge is -2.33. The summed E-state index contributed by atoms with van der Waals surface area (Å²) in [5.41, 5.74) is 0.372. The van der Waals surface area contributed by atoms with E-state index in [1.807, 2.05) is 4.90 Å². The maximum Gasteiger partial charge on any atom is 0.318 e. The molecule has 2 heterocycles. The van der Waals surface area contributed by atoms with Crippen molar-refractivity contribution in [2.75, 3.05) is 31.1 Å². The van der Waals surface area contributed by atoms with E-state index in [4.69, 9.17) is 4.42 Å². The Kier molecular flexibility index (Phi) is 3.55. The number of rotatable bonds is 2. The van der Waals surface area contributed by atoms with Crippen LogP contribution in [0, 0.1) is 12.7 Å². The van der Waals surface area contributed by atoms with Crippen molar-refractivity contribution in [1.29, 1.82) is 0 Å². The van der Waals surface area contributed by atoms with Gasteiger partial charge in [0.2, 0.25) is 5.89 Å². The summed E-state index contributed by atoms with van der Waals surface area (Å²) in [5.74, 6) is -0.0417. The van der Waals surface area contributed by atoms with Gasteiger partial charge < -0.3 is 14.2 Å². The van der Waals surface area contributed by atoms with E-state index in [9.17, 15) is 9.18 Å². The van der Waals surface area contributed by atoms with Crippen molar-refractivity contribution in [3.8, 4) is 0 Å². The minimum absolute atomic E-state index is 0.157. The lowest BCUT2D eigenvalue weighted by atomic mass is 10.2. The van der Waals surface area contributed by atoms with Gasteiger partial charge in [-0.2, -0.15) is 0 Å². The van der Waals surface area contributed by atoms with Gasteiger partial charge in [-0.1, -0.05) is 11.2 Å². The number of halogens is 1. The number of piperazine rings is 1. The second-order valence-corrected chi connectivity index (χ2v) is 4.89. The van der Waals surface area contributed by atoms with E-state index < -0.39 is 5.82 Å². The van der Waals surface area contributed by atoms with Gasteiger partial charge in [-0.15, -0.1) is 5.10 Å². The Balaban J connectivity index is 1.64. The van der Waals surface area contributed by atoms with Crippen molar-refractivity contribution in [3.63, 3.8) is 0 Å². The molecular weight excluding hydrogens is 275 g/mol. The van der Waals surface area contributed by atoms with E-state index in [1.165, 1.54) is 12.1 Å². The van der Waals surface area contributed by atoms with Crippen molar-refractivity contribution in [2.24, 2.45) is 0 Å². The maximum atomic E-state index is 13.2. The number of hydrogen-bond acceptors (Lipinski definition) is 5. The van der Waals surface area contributed by atoms with E-state index in [-0.39, 0.29) is 5.91 Å². The standard InChI is InChI=1S/C14H15FN4O2/c1-10-16-17-14(21-10)19-7-5-18(6-8-19)13(20)11-3-2-4-12(15)9-11/h2-4,9H,5-8H2,1H3. The van der Waals surface area contributed by atoms with Crippen molar-refractivity contribution >= 4 is 11.9 Å². The molecule has 3 rings (SSSR count). The lowest BCUT2D eigenvalue weighted by molar-refractivity contribution is 0.0744. The summed E-state index contributed by atoms with van der Waals surface area (Å²) < 4.78 is 18.5. The number of nitrogens with zero attached hydrogens (tertiary/aromatic N) is 4. The molecule has 0 N–H and O–H groups in total. The largest absolute Gasteiger partial charge is 0.408 e. The van der Waals surface area contributed by atoms with Crippen LogP contribution in [0.1, 0.15) is 16.2 Å². The molecule has 0 aliphatic carbocycles. The highest BCUT2D eigenvalue weighted by Crippen LogP contribution is 2.16. The van der Waals surface area contributed by atoms with Gasteiger partial charge in [0.15, 0.2) is 0 Å². The van der Waals surface area contributed by atoms with Crippen LogP contribution < -0.4 is 4.90 Å². The zero-order chi connectivity index (χ0) is 14.8. The smallest absolute Gasteiger partial charge is 0.318 e. The highest BCUT2D eigenvalue weighted by molar-refractivity contribution is 5.94. The summed E-state index contributed by atoms with van der Waals surface area (Å²) in [5, 5.41) is 7.76. The van der Waals surface area contributed by atoms with E-state index in [0.29, 0.717) is 43.6 Å². The van der Waals surface area contributed by atoms with Gasteiger partial charge in [0.1, 0.15) is 5.82 Å². The fraction of sp³-hybridized carbons (Fsp3) is 0.357. The van der Waals surface area contributed by atoms with Crippen LogP contribution in [0.2, 0.25) is 0 Å². The number of amides is 1. The average Bonchev–Trinajstić information content (AvgIpc) is 2.93. The second kappa shape index (κ2) is 5.51. The maximum absolute atomic E-state index is 13.2. The van der Waals surface area contributed by atoms with Crippen molar-refractivity contribution < 1.29 is 13.6 Å². The molecule has 0 spiro atoms. The predicted molar refractivity (Wildman–Crippen MR) is 73.6 cm³/mol. The van der Waals surface area contributed by atoms with Crippen LogP contribution in [-0.4, -0.2) is 47.2 Å². The number of anilines is 1. The molecule has 1 fully saturated rings. The molecule has 1 aromatic carbocycles. The molecule has 6 nitrogen and oxygen atoms in total. The molecule has 1 aliphatic rings. The fourth-order valence-electron chi connectivity index (χ4n) is 2.32. The van der Waals surface area contributed by atoms with Crippen LogP contribution >= 0.6 is 0 Å². The first kappa shape index (κ1) is 13.5. The molecule has 1 saturated heterocycles. The first-order valence-corrected chi connectivity index (χ1v) is 6.73. The Morgan fingerprint density at radius 3 is 2.62 bits per heavy atom. The highest BCUT2D eigenvalue weighted by atomic mass is 19.1. The molecule has 1 amide bonds. The van der Waals surface area contributed by atoms with Gasteiger partial charge in [-0.25, -0.2) is 4.39 Å². The molecule has 0 bridgehead atoms. The average molecular weight is 290 g/mol. The highest BCUT2D eigenvalue weighted by Gasteiger charge is 2.24. The third-order valence-electron chi connectivity index (χ3n) is 3.42. The summed E-state index contributed by atoms with van der Waals surface area (Å²) in [4.78, 5) is 15.9. The Hall–Kier alpha value is -2.44. The van der Waals surface area contributed by atoms with E-state index >= 15 is 0 Å². The number of aryl methyl sites for hydroxylation is 1. The van der Waals surface area contributed by atoms with E-state index in [0.717, 1.165) is 0 Å². The van der Waals surface area contributed by atoms with Crippen LogP contribution in [0.3, 0.4) is 0 Å². The topological polar surface area (TPSA) is 62.5 Å². The predicted octanol–water partition coefficient (Wildman–Crippen LogP) is 1.48. The van der Waals surface area contributed by atoms with Crippen LogP contribution in [0.25, 0.3) is 0 Å². The number of carbonyl (C=O) groups is 1. The summed E-state index contributed by atoms with van der Waals surface area (Å²) >= 11 is 0. The van der Waals surface area contributed by atoms with Crippen LogP contribution in [0.5, 0.6) is 0 Å². The van der Waals surface area contributed by atoms with Crippen molar-refractivity contribution in [1.82, 2.24) is 15.1 Å². The second-order valence-electron chi connectivity index (χ2n) is 4.89. The number of carbonyl (C=O) groups excluding carboxylic acids is 1. The molecule has 110 valence electrons. The Bertz CT molecular complexity index is 650. The molecule has 1 aliphatic heterocycles. The summed E-state index contributed by atoms with van der Waals surface area (Å²) in [6.07, 6.45) is 0. The molecular formula is C14H15FN4O2. The Morgan fingerprint density at radius 1 is 1.24 bits per heavy atom. The fourth-order valence-corrected chi connectivity index (χ4v) is 2.32. The van der Waals surface area contributed by atoms with Gasteiger partial charge in [0, 0.05) is 38.7 Å². The van der Waals surface area contributed by atoms with Gasteiger partial charge in [0.05, 0.1) is 0 Å². The first-order chi connectivity index (χ1) is 10.1. The van der Waals surface area contributed by atoms with Gasteiger partial charge in [-0.05, 0) is 18.2 Å². The number of hydrogen-bond donors (Lipinski definition) is 0. The zero-order valence-corrected chi connectivity index (χ0v) is 11.6. The number of benzene rings is 1. The van der Waals surface area contributed by atoms with Crippen LogP contribution in [0.4, 0.5) is 10.4 Å². The van der Waals surface area contributed by atoms with E-state index in [2.05, 4.69) is 10.2 Å². The normalized spacial score (nSPS) is 15.3. The molecule has 1 aromatic heterocycles. The van der Waals surface area contributed by atoms with Gasteiger partial charge in [0.25, 0.3) is 5.91 Å². The molecule has 0 saturated carbocycles. The third kappa shape index (κ3) is 2.86. The minimum atomic E-state index is -0.402. The van der Waals surface area contributed by atoms with Crippen molar-refractivity contribution in [2.45, 2.75) is 6.92 Å². The molecule has 0 radical (unpaired) electrons. The van der Waals surface area contributed by atoms with Gasteiger partial charge in [-0.3, -0.25) is 4.79 Å². The Morgan fingerprint density at radius 2 is 2.00 bits per heavy atom. The summed E-state index contributed by atoms with van der Waals surface area (Å²) in [6, 6.07) is 6.23. The SMILES string of the molecule is Cc1nnc(N2CCN(C(=O)c3cccc(F)c3)CC2)o1. The minimum Gasteiger partial charge on any atom is -0.408 e. The van der Waals surface area contributed by atoms with E-state index in [1.54, 1.807) is 24.0 Å². The van der Waals surface area contributed by atoms with Crippen LogP contribution in [0.15, 0.2) is 28.7 Å². The molecule has 7 heteroatoms. The van der Waals surface area contributed by atoms with Gasteiger partial charge >= 0.3 is 6.01 Å². The monoisotopic (exact) mass is 290 g/mol. The lowest BCUT2D eigenvalue weighted by Crippen LogP contribution is -2.49. The summed E-state index contributed by atoms with van der Waals surface area (Å²) in [6.45, 7) is 4.04. The molecule has 21 heavy (non-hydrogen) atoms. The summed E-state index contributed by atoms with van der Waals surface area (Å²) in [7, 11) is 0. The van der Waals surface area contributed by atoms with Crippen molar-refractivity contribution in [3.05, 3.63) is 41.5 Å². The molecule has 0 atom stereocenters. The Labute approximate surface area is 121 Å². The van der Waals surface area contributed by atoms with Crippen LogP contribution in [-0.2, 0) is 0 Å². The quantitative estimate of drug-likeness (QED) is 0.838. The number of aromatic nitrogens is 2. The molecule has 2 aromatic rings.